The van der Waals surface area contributed by atoms with Gasteiger partial charge in [-0.1, -0.05) is 35.4 Å². The van der Waals surface area contributed by atoms with E-state index < -0.39 is 52.7 Å². The molecule has 5 aliphatic rings. The van der Waals surface area contributed by atoms with Gasteiger partial charge in [-0.25, -0.2) is 48.9 Å². The van der Waals surface area contributed by atoms with Crippen molar-refractivity contribution in [2.75, 3.05) is 107 Å². The molecule has 4 amide bonds. The van der Waals surface area contributed by atoms with Crippen LogP contribution in [0.3, 0.4) is 0 Å². The van der Waals surface area contributed by atoms with Gasteiger partial charge in [-0.15, -0.1) is 0 Å². The number of aryl methyl sites for hydroxylation is 7. The SMILES string of the molecule is Cc1cc(N)c(C2CCOCC2)nc1-c1cnn(C(=O)OC(C)(C)C)c1.Cc1cc(N)c(C2CCOCC2)nc1C(=O)NCC(C)(C)O.Cc1cc(N)c(C2CCOCC2)nc1C(=O)O.Cc1ccc(OC(=O)Nc2cc(C)c(-c3cnn(C(=O)OC(C)(C)C)c3)nc2C2CCOCC2)cc1.Cc1ccc(OC(=O)Nc2cc(C)c(C(=O)NCC(C)(C)O)nc2C2CCOCC2)cc1. The predicted molar refractivity (Wildman–Crippen MR) is 504 cm³/mol. The summed E-state index contributed by atoms with van der Waals surface area (Å²) in [4.78, 5) is 109. The van der Waals surface area contributed by atoms with Gasteiger partial charge in [0.1, 0.15) is 34.1 Å². The van der Waals surface area contributed by atoms with Crippen molar-refractivity contribution in [3.8, 4) is 34.0 Å². The maximum atomic E-state index is 12.7. The van der Waals surface area contributed by atoms with E-state index in [9.17, 15) is 43.8 Å². The molecule has 0 aliphatic carbocycles. The first kappa shape index (κ1) is 103. The van der Waals surface area contributed by atoms with Crippen molar-refractivity contribution in [2.24, 2.45) is 0 Å². The molecule has 0 saturated carbocycles. The van der Waals surface area contributed by atoms with Crippen molar-refractivity contribution in [1.82, 2.24) is 55.1 Å². The Bertz CT molecular complexity index is 5510. The van der Waals surface area contributed by atoms with Gasteiger partial charge in [-0.2, -0.15) is 19.6 Å². The van der Waals surface area contributed by atoms with Crippen molar-refractivity contribution in [3.63, 3.8) is 0 Å². The minimum absolute atomic E-state index is 0.0415. The van der Waals surface area contributed by atoms with Gasteiger partial charge in [0.15, 0.2) is 5.69 Å². The van der Waals surface area contributed by atoms with Gasteiger partial charge in [0.05, 0.1) is 91.9 Å². The summed E-state index contributed by atoms with van der Waals surface area (Å²) in [6.07, 6.45) is 12.5. The maximum Gasteiger partial charge on any atom is 0.435 e. The molecule has 14 rings (SSSR count). The Morgan fingerprint density at radius 1 is 0.398 bits per heavy atom. The van der Waals surface area contributed by atoms with Crippen molar-refractivity contribution in [3.05, 3.63) is 188 Å². The van der Waals surface area contributed by atoms with Crippen LogP contribution in [0, 0.1) is 48.5 Å². The number of aromatic carboxylic acids is 1. The second-order valence-electron chi connectivity index (χ2n) is 37.2. The second-order valence-corrected chi connectivity index (χ2v) is 37.2. The third-order valence-electron chi connectivity index (χ3n) is 22.2. The van der Waals surface area contributed by atoms with E-state index in [-0.39, 0.29) is 60.0 Å². The smallest absolute Gasteiger partial charge is 0.435 e. The highest BCUT2D eigenvalue weighted by Gasteiger charge is 2.32. The van der Waals surface area contributed by atoms with Crippen LogP contribution >= 0.6 is 0 Å². The largest absolute Gasteiger partial charge is 0.477 e. The number of nitrogen functional groups attached to an aromatic ring is 3. The molecule has 2 aromatic carbocycles. The van der Waals surface area contributed by atoms with E-state index in [1.54, 1.807) is 130 Å². The number of ether oxygens (including phenoxy) is 9. The zero-order valence-electron chi connectivity index (χ0n) is 79.4. The predicted octanol–water partition coefficient (Wildman–Crippen LogP) is 16.0. The molecule has 5 saturated heterocycles. The van der Waals surface area contributed by atoms with Crippen molar-refractivity contribution >= 4 is 70.6 Å². The lowest BCUT2D eigenvalue weighted by molar-refractivity contribution is 0.0503. The lowest BCUT2D eigenvalue weighted by atomic mass is 9.93. The summed E-state index contributed by atoms with van der Waals surface area (Å²) in [5, 5.41) is 48.1. The number of carbonyl (C=O) groups is 7. The molecule has 5 fully saturated rings. The number of carboxylic acid groups (broad SMARTS) is 1. The second kappa shape index (κ2) is 46.3. The highest BCUT2D eigenvalue weighted by atomic mass is 16.6. The Hall–Kier alpha value is -12.4. The zero-order chi connectivity index (χ0) is 96.8. The number of pyridine rings is 5. The number of hydrogen-bond donors (Lipinski definition) is 10. The van der Waals surface area contributed by atoms with Crippen LogP contribution in [0.2, 0.25) is 0 Å². The van der Waals surface area contributed by atoms with Crippen molar-refractivity contribution in [1.29, 1.82) is 0 Å². The first-order chi connectivity index (χ1) is 62.8. The first-order valence-corrected chi connectivity index (χ1v) is 45.0. The van der Waals surface area contributed by atoms with E-state index >= 15 is 0 Å². The molecule has 0 radical (unpaired) electrons. The normalized spacial score (nSPS) is 15.4. The number of anilines is 5. The van der Waals surface area contributed by atoms with Gasteiger partial charge in [0.25, 0.3) is 11.8 Å². The fourth-order valence-electron chi connectivity index (χ4n) is 15.3. The van der Waals surface area contributed by atoms with Gasteiger partial charge in [-0.3, -0.25) is 20.2 Å². The Kier molecular flexibility index (Phi) is 35.8. The quantitative estimate of drug-likeness (QED) is 0.0381. The average Bonchev–Trinajstić information content (AvgIpc) is 1.80. The van der Waals surface area contributed by atoms with Crippen LogP contribution in [-0.2, 0) is 33.2 Å². The molecule has 35 nitrogen and oxygen atoms in total. The number of carbonyl (C=O) groups excluding carboxylic acids is 6. The Balaban J connectivity index is 0.000000176. The third kappa shape index (κ3) is 30.8. The fourth-order valence-corrected chi connectivity index (χ4v) is 15.3. The van der Waals surface area contributed by atoms with E-state index in [0.717, 1.165) is 134 Å². The van der Waals surface area contributed by atoms with Crippen LogP contribution in [0.4, 0.5) is 47.6 Å². The van der Waals surface area contributed by atoms with E-state index in [0.29, 0.717) is 138 Å². The molecule has 35 heteroatoms. The molecule has 716 valence electrons. The minimum atomic E-state index is -1.03. The summed E-state index contributed by atoms with van der Waals surface area (Å²) < 4.78 is 51.1. The minimum Gasteiger partial charge on any atom is -0.477 e. The van der Waals surface area contributed by atoms with Gasteiger partial charge in [0, 0.05) is 132 Å². The number of nitrogens with zero attached hydrogens (tertiary/aromatic N) is 9. The molecular weight excluding hydrogens is 1710 g/mol. The standard InChI is InChI=1S/C27H32N4O5.C24H31N3O5.C19H26N4O3.C16H25N3O3.C12H16N2O3/c1-17-6-8-21(9-7-17)35-25(32)29-22-14-18(2)23(30-24(22)19-10-12-34-13-11-19)20-15-28-31(16-20)26(33)36-27(3,4)5;1-15-5-7-18(8-6-15)32-23(29)26-19-13-16(2)20(22(28)25-14-24(3,4)30)27-21(19)17-9-11-31-12-10-17;1-12-9-15(20)17(13-5-7-25-8-6-13)22-16(12)14-10-21-23(11-14)18(24)26-19(2,3)4;1-10-8-12(17)14(11-4-6-22-7-5-11)19-13(10)15(20)18-9-16(2,3)21;1-7-6-9(13)11(14-10(7)12(15)16)8-2-4-17-5-3-8/h6-9,14-16,19H,10-13H2,1-5H3,(H,29,32);5-8,13,17,30H,9-12,14H2,1-4H3,(H,25,28)(H,26,29);9-11,13H,5-8,20H2,1-4H3;8,11,21H,4-7,9,17H2,1-3H3,(H,18,20);6,8H,2-5,13H2,1H3,(H,15,16). The van der Waals surface area contributed by atoms with Crippen LogP contribution in [0.1, 0.15) is 262 Å². The number of aromatic nitrogens is 9. The number of hydrogen-bond acceptors (Lipinski definition) is 28. The number of nitrogens with one attached hydrogen (secondary N) is 4. The number of rotatable bonds is 18. The van der Waals surface area contributed by atoms with Crippen molar-refractivity contribution in [2.45, 2.75) is 234 Å². The lowest BCUT2D eigenvalue weighted by Crippen LogP contribution is -2.39. The highest BCUT2D eigenvalue weighted by molar-refractivity contribution is 5.96. The maximum absolute atomic E-state index is 12.7. The third-order valence-corrected chi connectivity index (χ3v) is 22.2. The Labute approximate surface area is 776 Å². The van der Waals surface area contributed by atoms with Gasteiger partial charge in [0.2, 0.25) is 0 Å². The van der Waals surface area contributed by atoms with Crippen molar-refractivity contribution < 1.29 is 91.5 Å². The molecular formula is C98H130N16O19. The summed E-state index contributed by atoms with van der Waals surface area (Å²) in [7, 11) is 0. The molecule has 13 N–H and O–H groups in total. The monoisotopic (exact) mass is 1830 g/mol. The molecule has 0 atom stereocenters. The van der Waals surface area contributed by atoms with Gasteiger partial charge >= 0.3 is 30.3 Å². The number of benzene rings is 2. The lowest BCUT2D eigenvalue weighted by Gasteiger charge is -2.25. The summed E-state index contributed by atoms with van der Waals surface area (Å²) >= 11 is 0. The van der Waals surface area contributed by atoms with Crippen LogP contribution in [0.5, 0.6) is 11.5 Å². The highest BCUT2D eigenvalue weighted by Crippen LogP contribution is 2.40. The van der Waals surface area contributed by atoms with E-state index in [1.165, 1.54) is 9.36 Å². The van der Waals surface area contributed by atoms with Crippen LogP contribution in [0.15, 0.2) is 104 Å². The number of nitrogens with two attached hydrogens (primary N) is 3. The molecule has 0 bridgehead atoms. The van der Waals surface area contributed by atoms with E-state index in [4.69, 9.17) is 74.9 Å². The molecule has 133 heavy (non-hydrogen) atoms. The molecule has 0 spiro atoms. The first-order valence-electron chi connectivity index (χ1n) is 45.0. The molecule has 9 aromatic rings. The molecule has 0 unspecified atom stereocenters. The number of carboxylic acids is 1. The Morgan fingerprint density at radius 3 is 1.02 bits per heavy atom. The summed E-state index contributed by atoms with van der Waals surface area (Å²) in [5.74, 6) is 0.125. The molecule has 12 heterocycles. The van der Waals surface area contributed by atoms with Crippen LogP contribution < -0.4 is 47.9 Å². The topological polar surface area (TPSA) is 490 Å². The molecule has 5 aliphatic heterocycles. The van der Waals surface area contributed by atoms with E-state index in [2.05, 4.69) is 46.4 Å². The van der Waals surface area contributed by atoms with Crippen LogP contribution in [-0.4, -0.2) is 204 Å². The van der Waals surface area contributed by atoms with Crippen LogP contribution in [0.25, 0.3) is 22.5 Å². The Morgan fingerprint density at radius 2 is 0.677 bits per heavy atom. The molecule has 7 aromatic heterocycles. The average molecular weight is 1840 g/mol. The van der Waals surface area contributed by atoms with Gasteiger partial charge in [-0.05, 0) is 264 Å². The summed E-state index contributed by atoms with van der Waals surface area (Å²) in [5.41, 5.74) is 31.4. The van der Waals surface area contributed by atoms with E-state index in [1.807, 2.05) is 91.8 Å². The summed E-state index contributed by atoms with van der Waals surface area (Å²) in [6, 6.07) is 23.5. The fraction of sp³-hybridized carbons (Fsp3) is 0.490. The van der Waals surface area contributed by atoms with Gasteiger partial charge < -0.3 is 85.8 Å². The summed E-state index contributed by atoms with van der Waals surface area (Å²) in [6.45, 7) is 37.4. The zero-order valence-corrected chi connectivity index (χ0v) is 79.4. The number of aliphatic hydroxyl groups is 2. The number of amides is 4.